The lowest BCUT2D eigenvalue weighted by molar-refractivity contribution is 0.421. The van der Waals surface area contributed by atoms with E-state index in [1.165, 1.54) is 6.42 Å². The highest BCUT2D eigenvalue weighted by atomic mass is 15.0. The maximum Gasteiger partial charge on any atom is 0.00970 e. The van der Waals surface area contributed by atoms with Gasteiger partial charge in [0.25, 0.3) is 0 Å². The van der Waals surface area contributed by atoms with Gasteiger partial charge >= 0.3 is 0 Å². The van der Waals surface area contributed by atoms with E-state index in [1.807, 2.05) is 0 Å². The lowest BCUT2D eigenvalue weighted by Crippen LogP contribution is -2.40. The zero-order chi connectivity index (χ0) is 10.9. The molecule has 0 spiro atoms. The molecule has 0 aromatic carbocycles. The Labute approximate surface area is 88.9 Å². The van der Waals surface area contributed by atoms with E-state index in [1.54, 1.807) is 0 Å². The summed E-state index contributed by atoms with van der Waals surface area (Å²) in [7, 11) is 0. The highest BCUT2D eigenvalue weighted by Crippen LogP contribution is 1.96. The quantitative estimate of drug-likeness (QED) is 0.479. The zero-order valence-electron chi connectivity index (χ0n) is 9.82. The standard InChI is InChI=1S/C12H24N2/c1-5-6-7-8-9-13-10-11-14-12(2,3)4/h1,13-14H,6-11H2,2-4H3. The Bertz CT molecular complexity index is 162. The van der Waals surface area contributed by atoms with Crippen molar-refractivity contribution < 1.29 is 0 Å². The first kappa shape index (κ1) is 13.5. The minimum absolute atomic E-state index is 0.227. The summed E-state index contributed by atoms with van der Waals surface area (Å²) in [6.45, 7) is 9.68. The molecule has 0 saturated carbocycles. The average molecular weight is 196 g/mol. The lowest BCUT2D eigenvalue weighted by Gasteiger charge is -2.20. The van der Waals surface area contributed by atoms with E-state index in [-0.39, 0.29) is 5.54 Å². The van der Waals surface area contributed by atoms with Crippen LogP contribution in [-0.2, 0) is 0 Å². The van der Waals surface area contributed by atoms with Crippen LogP contribution in [0.25, 0.3) is 0 Å². The summed E-state index contributed by atoms with van der Waals surface area (Å²) in [4.78, 5) is 0. The average Bonchev–Trinajstić information content (AvgIpc) is 2.08. The van der Waals surface area contributed by atoms with Crippen molar-refractivity contribution in [2.45, 2.75) is 45.6 Å². The number of unbranched alkanes of at least 4 members (excludes halogenated alkanes) is 2. The highest BCUT2D eigenvalue weighted by molar-refractivity contribution is 4.82. The Morgan fingerprint density at radius 1 is 1.07 bits per heavy atom. The molecule has 0 heterocycles. The van der Waals surface area contributed by atoms with Crippen LogP contribution >= 0.6 is 0 Å². The molecule has 2 N–H and O–H groups in total. The van der Waals surface area contributed by atoms with E-state index >= 15 is 0 Å². The topological polar surface area (TPSA) is 24.1 Å². The van der Waals surface area contributed by atoms with Crippen LogP contribution in [0.2, 0.25) is 0 Å². The first-order valence-corrected chi connectivity index (χ1v) is 5.45. The van der Waals surface area contributed by atoms with Gasteiger partial charge in [-0.1, -0.05) is 0 Å². The summed E-state index contributed by atoms with van der Waals surface area (Å²) in [6.07, 6.45) is 8.38. The van der Waals surface area contributed by atoms with Gasteiger partial charge in [0.2, 0.25) is 0 Å². The number of hydrogen-bond acceptors (Lipinski definition) is 2. The highest BCUT2D eigenvalue weighted by Gasteiger charge is 2.06. The normalized spacial score (nSPS) is 11.3. The molecule has 0 radical (unpaired) electrons. The van der Waals surface area contributed by atoms with Crippen LogP contribution in [0.15, 0.2) is 0 Å². The van der Waals surface area contributed by atoms with Crippen LogP contribution in [0.3, 0.4) is 0 Å². The van der Waals surface area contributed by atoms with E-state index in [4.69, 9.17) is 6.42 Å². The molecule has 0 aliphatic heterocycles. The fraction of sp³-hybridized carbons (Fsp3) is 0.833. The van der Waals surface area contributed by atoms with Gasteiger partial charge in [0.15, 0.2) is 0 Å². The second-order valence-corrected chi connectivity index (χ2v) is 4.59. The zero-order valence-corrected chi connectivity index (χ0v) is 9.82. The monoisotopic (exact) mass is 196 g/mol. The van der Waals surface area contributed by atoms with Crippen LogP contribution in [-0.4, -0.2) is 25.2 Å². The first-order valence-electron chi connectivity index (χ1n) is 5.45. The molecule has 0 aromatic rings. The maximum absolute atomic E-state index is 5.16. The van der Waals surface area contributed by atoms with Gasteiger partial charge in [-0.25, -0.2) is 0 Å². The van der Waals surface area contributed by atoms with Crippen LogP contribution < -0.4 is 10.6 Å². The van der Waals surface area contributed by atoms with Gasteiger partial charge in [0.1, 0.15) is 0 Å². The smallest absolute Gasteiger partial charge is 0.00970 e. The van der Waals surface area contributed by atoms with Crippen molar-refractivity contribution in [3.63, 3.8) is 0 Å². The van der Waals surface area contributed by atoms with Crippen molar-refractivity contribution in [2.24, 2.45) is 0 Å². The van der Waals surface area contributed by atoms with Crippen LogP contribution in [0.5, 0.6) is 0 Å². The SMILES string of the molecule is C#CCCCCNCCNC(C)(C)C. The third kappa shape index (κ3) is 11.5. The van der Waals surface area contributed by atoms with E-state index in [0.717, 1.165) is 32.5 Å². The van der Waals surface area contributed by atoms with Crippen LogP contribution in [0.1, 0.15) is 40.0 Å². The Balaban J connectivity index is 3.04. The minimum Gasteiger partial charge on any atom is -0.315 e. The van der Waals surface area contributed by atoms with E-state index in [9.17, 15) is 0 Å². The first-order chi connectivity index (χ1) is 6.56. The predicted octanol–water partition coefficient (Wildman–Crippen LogP) is 1.77. The Kier molecular flexibility index (Phi) is 7.55. The molecule has 2 nitrogen and oxygen atoms in total. The van der Waals surface area contributed by atoms with Gasteiger partial charge in [-0.05, 0) is 40.2 Å². The predicted molar refractivity (Wildman–Crippen MR) is 63.3 cm³/mol. The molecule has 82 valence electrons. The molecule has 0 atom stereocenters. The molecule has 0 saturated heterocycles. The van der Waals surface area contributed by atoms with Crippen LogP contribution in [0.4, 0.5) is 0 Å². The lowest BCUT2D eigenvalue weighted by atomic mass is 10.1. The molecule has 0 aromatic heterocycles. The van der Waals surface area contributed by atoms with Gasteiger partial charge in [-0.15, -0.1) is 12.3 Å². The van der Waals surface area contributed by atoms with Crippen molar-refractivity contribution in [3.8, 4) is 12.3 Å². The second kappa shape index (κ2) is 7.84. The molecule has 0 unspecified atom stereocenters. The van der Waals surface area contributed by atoms with Crippen molar-refractivity contribution in [1.82, 2.24) is 10.6 Å². The minimum atomic E-state index is 0.227. The molecular formula is C12H24N2. The van der Waals surface area contributed by atoms with Crippen molar-refractivity contribution >= 4 is 0 Å². The number of hydrogen-bond donors (Lipinski definition) is 2. The molecule has 0 fully saturated rings. The molecule has 0 aliphatic rings. The second-order valence-electron chi connectivity index (χ2n) is 4.59. The van der Waals surface area contributed by atoms with Gasteiger partial charge in [0, 0.05) is 25.0 Å². The molecule has 0 aliphatic carbocycles. The van der Waals surface area contributed by atoms with E-state index < -0.39 is 0 Å². The fourth-order valence-electron chi connectivity index (χ4n) is 1.13. The van der Waals surface area contributed by atoms with Crippen molar-refractivity contribution in [2.75, 3.05) is 19.6 Å². The van der Waals surface area contributed by atoms with Crippen LogP contribution in [0, 0.1) is 12.3 Å². The van der Waals surface area contributed by atoms with Crippen molar-refractivity contribution in [3.05, 3.63) is 0 Å². The third-order valence-electron chi connectivity index (χ3n) is 1.88. The molecule has 0 bridgehead atoms. The van der Waals surface area contributed by atoms with Gasteiger partial charge in [0.05, 0.1) is 0 Å². The van der Waals surface area contributed by atoms with Gasteiger partial charge in [-0.2, -0.15) is 0 Å². The van der Waals surface area contributed by atoms with Crippen molar-refractivity contribution in [1.29, 1.82) is 0 Å². The largest absolute Gasteiger partial charge is 0.315 e. The molecule has 2 heteroatoms. The van der Waals surface area contributed by atoms with E-state index in [2.05, 4.69) is 37.3 Å². The molecule has 0 rings (SSSR count). The van der Waals surface area contributed by atoms with Gasteiger partial charge < -0.3 is 10.6 Å². The van der Waals surface area contributed by atoms with Gasteiger partial charge in [-0.3, -0.25) is 0 Å². The fourth-order valence-corrected chi connectivity index (χ4v) is 1.13. The summed E-state index contributed by atoms with van der Waals surface area (Å²) in [6, 6.07) is 0. The van der Waals surface area contributed by atoms with E-state index in [0.29, 0.717) is 0 Å². The Morgan fingerprint density at radius 3 is 2.36 bits per heavy atom. The Morgan fingerprint density at radius 2 is 1.79 bits per heavy atom. The summed E-state index contributed by atoms with van der Waals surface area (Å²) >= 11 is 0. The third-order valence-corrected chi connectivity index (χ3v) is 1.88. The maximum atomic E-state index is 5.16. The summed E-state index contributed by atoms with van der Waals surface area (Å²) in [5, 5.41) is 6.81. The summed E-state index contributed by atoms with van der Waals surface area (Å²) in [5.74, 6) is 2.65. The summed E-state index contributed by atoms with van der Waals surface area (Å²) in [5.41, 5.74) is 0.227. The number of terminal acetylenes is 1. The molecule has 14 heavy (non-hydrogen) atoms. The number of nitrogens with one attached hydrogen (secondary N) is 2. The molecular weight excluding hydrogens is 172 g/mol. The number of rotatable bonds is 7. The summed E-state index contributed by atoms with van der Waals surface area (Å²) < 4.78 is 0. The Hall–Kier alpha value is -0.520. The molecule has 0 amide bonds.